The van der Waals surface area contributed by atoms with Gasteiger partial charge in [-0.25, -0.2) is 0 Å². The summed E-state index contributed by atoms with van der Waals surface area (Å²) in [6.07, 6.45) is 1.02. The number of aromatic nitrogens is 2. The van der Waals surface area contributed by atoms with Gasteiger partial charge < -0.3 is 19.5 Å². The molecule has 1 saturated heterocycles. The molecule has 7 nitrogen and oxygen atoms in total. The first-order valence-electron chi connectivity index (χ1n) is 6.82. The summed E-state index contributed by atoms with van der Waals surface area (Å²) in [5.41, 5.74) is 0. The van der Waals surface area contributed by atoms with E-state index in [1.807, 2.05) is 0 Å². The number of aliphatic hydroxyl groups is 1. The molecule has 1 fully saturated rings. The normalized spacial score (nSPS) is 16.9. The first-order valence-corrected chi connectivity index (χ1v) is 6.82. The fourth-order valence-corrected chi connectivity index (χ4v) is 2.28. The van der Waals surface area contributed by atoms with E-state index >= 15 is 0 Å². The van der Waals surface area contributed by atoms with Gasteiger partial charge in [0.1, 0.15) is 0 Å². The Bertz CT molecular complexity index is 408. The predicted molar refractivity (Wildman–Crippen MR) is 75.5 cm³/mol. The molecule has 0 amide bonds. The van der Waals surface area contributed by atoms with Crippen molar-refractivity contribution in [3.05, 3.63) is 6.07 Å². The third-order valence-electron chi connectivity index (χ3n) is 3.37. The minimum atomic E-state index is 0.198. The van der Waals surface area contributed by atoms with Gasteiger partial charge in [0.25, 0.3) is 0 Å². The summed E-state index contributed by atoms with van der Waals surface area (Å²) in [5.74, 6) is 1.64. The summed E-state index contributed by atoms with van der Waals surface area (Å²) in [6, 6.07) is 1.67. The van der Waals surface area contributed by atoms with Crippen LogP contribution in [0, 0.1) is 0 Å². The second-order valence-corrected chi connectivity index (χ2v) is 4.66. The van der Waals surface area contributed by atoms with Gasteiger partial charge in [-0.15, -0.1) is 0 Å². The Morgan fingerprint density at radius 3 is 2.40 bits per heavy atom. The van der Waals surface area contributed by atoms with Gasteiger partial charge in [-0.1, -0.05) is 0 Å². The van der Waals surface area contributed by atoms with E-state index in [4.69, 9.17) is 14.6 Å². The molecule has 7 heteroatoms. The quantitative estimate of drug-likeness (QED) is 0.815. The Balaban J connectivity index is 2.10. The molecule has 1 aromatic rings. The summed E-state index contributed by atoms with van der Waals surface area (Å²) in [7, 11) is 3.16. The Hall–Kier alpha value is -1.60. The topological polar surface area (TPSA) is 71.0 Å². The van der Waals surface area contributed by atoms with Crippen LogP contribution in [0.5, 0.6) is 11.8 Å². The third-order valence-corrected chi connectivity index (χ3v) is 3.37. The molecule has 0 aromatic carbocycles. The highest BCUT2D eigenvalue weighted by molar-refractivity contribution is 5.36. The number of β-amino-alcohol motifs (C(OH)–C–C–N with tert-alkyl or cyclic N) is 1. The van der Waals surface area contributed by atoms with E-state index in [1.165, 1.54) is 0 Å². The van der Waals surface area contributed by atoms with Crippen molar-refractivity contribution >= 4 is 5.95 Å². The summed E-state index contributed by atoms with van der Waals surface area (Å²) in [5, 5.41) is 9.02. The molecule has 0 bridgehead atoms. The maximum atomic E-state index is 9.02. The van der Waals surface area contributed by atoms with Gasteiger partial charge in [-0.2, -0.15) is 9.97 Å². The standard InChI is InChI=1S/C13H22N4O3/c1-19-11-10-12(20-2)15-13(14-11)17-5-3-4-16(6-7-17)8-9-18/h10,18H,3-9H2,1-2H3. The van der Waals surface area contributed by atoms with Crippen molar-refractivity contribution < 1.29 is 14.6 Å². The number of anilines is 1. The lowest BCUT2D eigenvalue weighted by atomic mass is 10.4. The average Bonchev–Trinajstić information content (AvgIpc) is 2.73. The molecule has 1 aliphatic heterocycles. The molecule has 0 saturated carbocycles. The van der Waals surface area contributed by atoms with E-state index in [2.05, 4.69) is 19.8 Å². The maximum absolute atomic E-state index is 9.02. The summed E-state index contributed by atoms with van der Waals surface area (Å²) >= 11 is 0. The number of ether oxygens (including phenoxy) is 2. The van der Waals surface area contributed by atoms with Crippen molar-refractivity contribution in [2.45, 2.75) is 6.42 Å². The van der Waals surface area contributed by atoms with Crippen molar-refractivity contribution in [3.8, 4) is 11.8 Å². The second-order valence-electron chi connectivity index (χ2n) is 4.66. The highest BCUT2D eigenvalue weighted by Gasteiger charge is 2.18. The zero-order valence-electron chi connectivity index (χ0n) is 12.1. The van der Waals surface area contributed by atoms with E-state index in [9.17, 15) is 0 Å². The second kappa shape index (κ2) is 7.25. The maximum Gasteiger partial charge on any atom is 0.232 e. The minimum Gasteiger partial charge on any atom is -0.481 e. The number of rotatable bonds is 5. The van der Waals surface area contributed by atoms with E-state index in [0.29, 0.717) is 17.7 Å². The van der Waals surface area contributed by atoms with Crippen LogP contribution in [-0.4, -0.2) is 73.5 Å². The molecule has 0 unspecified atom stereocenters. The Kier molecular flexibility index (Phi) is 5.37. The van der Waals surface area contributed by atoms with Crippen LogP contribution in [0.1, 0.15) is 6.42 Å². The lowest BCUT2D eigenvalue weighted by Gasteiger charge is -2.22. The number of methoxy groups -OCH3 is 2. The molecule has 0 spiro atoms. The highest BCUT2D eigenvalue weighted by atomic mass is 16.5. The van der Waals surface area contributed by atoms with Gasteiger partial charge in [-0.3, -0.25) is 4.90 Å². The van der Waals surface area contributed by atoms with Crippen LogP contribution in [0.15, 0.2) is 6.07 Å². The molecule has 1 aliphatic rings. The average molecular weight is 282 g/mol. The zero-order valence-corrected chi connectivity index (χ0v) is 12.1. The van der Waals surface area contributed by atoms with E-state index < -0.39 is 0 Å². The van der Waals surface area contributed by atoms with Crippen LogP contribution in [0.3, 0.4) is 0 Å². The van der Waals surface area contributed by atoms with E-state index in [1.54, 1.807) is 20.3 Å². The third kappa shape index (κ3) is 3.71. The Morgan fingerprint density at radius 1 is 1.10 bits per heavy atom. The fraction of sp³-hybridized carbons (Fsp3) is 0.692. The Morgan fingerprint density at radius 2 is 1.80 bits per heavy atom. The summed E-state index contributed by atoms with van der Waals surface area (Å²) < 4.78 is 10.4. The van der Waals surface area contributed by atoms with Crippen LogP contribution < -0.4 is 14.4 Å². The molecule has 2 heterocycles. The number of hydrogen-bond acceptors (Lipinski definition) is 7. The highest BCUT2D eigenvalue weighted by Crippen LogP contribution is 2.21. The summed E-state index contributed by atoms with van der Waals surface area (Å²) in [6.45, 7) is 4.51. The van der Waals surface area contributed by atoms with Crippen LogP contribution in [0.25, 0.3) is 0 Å². The monoisotopic (exact) mass is 282 g/mol. The van der Waals surface area contributed by atoms with Gasteiger partial charge in [-0.05, 0) is 13.0 Å². The van der Waals surface area contributed by atoms with Crippen LogP contribution >= 0.6 is 0 Å². The van der Waals surface area contributed by atoms with Gasteiger partial charge in [0.15, 0.2) is 0 Å². The fourth-order valence-electron chi connectivity index (χ4n) is 2.28. The van der Waals surface area contributed by atoms with Crippen molar-refractivity contribution in [1.82, 2.24) is 14.9 Å². The number of hydrogen-bond donors (Lipinski definition) is 1. The summed E-state index contributed by atoms with van der Waals surface area (Å²) in [4.78, 5) is 13.1. The van der Waals surface area contributed by atoms with Crippen molar-refractivity contribution in [3.63, 3.8) is 0 Å². The molecular formula is C13H22N4O3. The van der Waals surface area contributed by atoms with E-state index in [-0.39, 0.29) is 6.61 Å². The molecule has 0 aliphatic carbocycles. The molecule has 112 valence electrons. The van der Waals surface area contributed by atoms with Gasteiger partial charge >= 0.3 is 0 Å². The van der Waals surface area contributed by atoms with Gasteiger partial charge in [0, 0.05) is 26.2 Å². The molecule has 1 aromatic heterocycles. The lowest BCUT2D eigenvalue weighted by Crippen LogP contribution is -2.33. The van der Waals surface area contributed by atoms with E-state index in [0.717, 1.165) is 39.1 Å². The number of nitrogens with zero attached hydrogens (tertiary/aromatic N) is 4. The molecule has 20 heavy (non-hydrogen) atoms. The lowest BCUT2D eigenvalue weighted by molar-refractivity contribution is 0.204. The largest absolute Gasteiger partial charge is 0.481 e. The first kappa shape index (κ1) is 14.8. The molecule has 0 radical (unpaired) electrons. The molecule has 1 N–H and O–H groups in total. The predicted octanol–water partition coefficient (Wildman–Crippen LogP) is -0.00180. The van der Waals surface area contributed by atoms with Gasteiger partial charge in [0.05, 0.1) is 26.9 Å². The van der Waals surface area contributed by atoms with Gasteiger partial charge in [0.2, 0.25) is 17.7 Å². The van der Waals surface area contributed by atoms with Crippen LogP contribution in [0.4, 0.5) is 5.95 Å². The zero-order chi connectivity index (χ0) is 14.4. The van der Waals surface area contributed by atoms with Crippen molar-refractivity contribution in [2.75, 3.05) is 58.5 Å². The SMILES string of the molecule is COc1cc(OC)nc(N2CCCN(CCO)CC2)n1. The molecule has 0 atom stereocenters. The number of aliphatic hydroxyl groups excluding tert-OH is 1. The minimum absolute atomic E-state index is 0.198. The smallest absolute Gasteiger partial charge is 0.232 e. The van der Waals surface area contributed by atoms with Crippen LogP contribution in [-0.2, 0) is 0 Å². The van der Waals surface area contributed by atoms with Crippen LogP contribution in [0.2, 0.25) is 0 Å². The van der Waals surface area contributed by atoms with Crippen molar-refractivity contribution in [2.24, 2.45) is 0 Å². The molecule has 2 rings (SSSR count). The molecular weight excluding hydrogens is 260 g/mol. The first-order chi connectivity index (χ1) is 9.76. The Labute approximate surface area is 119 Å². The van der Waals surface area contributed by atoms with Crippen molar-refractivity contribution in [1.29, 1.82) is 0 Å².